The van der Waals surface area contributed by atoms with Gasteiger partial charge in [0.05, 0.1) is 5.69 Å². The van der Waals surface area contributed by atoms with Gasteiger partial charge >= 0.3 is 0 Å². The lowest BCUT2D eigenvalue weighted by molar-refractivity contribution is 0.610. The molecule has 0 atom stereocenters. The van der Waals surface area contributed by atoms with Gasteiger partial charge in [-0.25, -0.2) is 4.98 Å². The maximum absolute atomic E-state index is 6.01. The van der Waals surface area contributed by atoms with E-state index in [4.69, 9.17) is 16.6 Å². The molecule has 5 aromatic rings. The maximum atomic E-state index is 6.01. The summed E-state index contributed by atoms with van der Waals surface area (Å²) in [7, 11) is 0. The lowest BCUT2D eigenvalue weighted by atomic mass is 10.1. The Bertz CT molecular complexity index is 1300. The van der Waals surface area contributed by atoms with Gasteiger partial charge in [-0.3, -0.25) is 0 Å². The molecule has 5 rings (SSSR count). The third-order valence-corrected chi connectivity index (χ3v) is 8.23. The van der Waals surface area contributed by atoms with Crippen molar-refractivity contribution in [1.82, 2.24) is 19.7 Å². The molecule has 0 aliphatic heterocycles. The van der Waals surface area contributed by atoms with E-state index in [2.05, 4.69) is 68.0 Å². The fraction of sp³-hybridized carbons (Fsp3) is 0.160. The normalized spacial score (nSPS) is 11.2. The largest absolute Gasteiger partial charge is 0.305 e. The molecule has 8 heteroatoms. The zero-order valence-electron chi connectivity index (χ0n) is 17.7. The summed E-state index contributed by atoms with van der Waals surface area (Å²) in [5.41, 5.74) is 3.45. The fourth-order valence-corrected chi connectivity index (χ4v) is 6.11. The van der Waals surface area contributed by atoms with Crippen molar-refractivity contribution in [2.24, 2.45) is 0 Å². The summed E-state index contributed by atoms with van der Waals surface area (Å²) in [4.78, 5) is 6.11. The Kier molecular flexibility index (Phi) is 7.21. The average molecular weight is 509 g/mol. The second kappa shape index (κ2) is 10.7. The number of hydrogen-bond donors (Lipinski definition) is 0. The number of rotatable bonds is 9. The van der Waals surface area contributed by atoms with Gasteiger partial charge in [0.2, 0.25) is 0 Å². The minimum Gasteiger partial charge on any atom is -0.305 e. The van der Waals surface area contributed by atoms with E-state index in [9.17, 15) is 0 Å². The molecule has 166 valence electrons. The van der Waals surface area contributed by atoms with Gasteiger partial charge < -0.3 is 4.57 Å². The van der Waals surface area contributed by atoms with Crippen LogP contribution in [0.4, 0.5) is 0 Å². The van der Waals surface area contributed by atoms with Crippen molar-refractivity contribution in [2.75, 3.05) is 0 Å². The first-order valence-corrected chi connectivity index (χ1v) is 13.7. The summed E-state index contributed by atoms with van der Waals surface area (Å²) in [5, 5.41) is 16.0. The fourth-order valence-electron chi connectivity index (χ4n) is 3.47. The molecule has 0 N–H and O–H groups in total. The summed E-state index contributed by atoms with van der Waals surface area (Å²) in [5.74, 6) is 1.77. The molecule has 3 heterocycles. The van der Waals surface area contributed by atoms with Crippen LogP contribution in [0.25, 0.3) is 10.6 Å². The van der Waals surface area contributed by atoms with Crippen molar-refractivity contribution in [3.63, 3.8) is 0 Å². The highest BCUT2D eigenvalue weighted by atomic mass is 35.5. The second-order valence-corrected chi connectivity index (χ2v) is 10.8. The van der Waals surface area contributed by atoms with E-state index in [1.807, 2.05) is 24.3 Å². The van der Waals surface area contributed by atoms with Crippen molar-refractivity contribution in [2.45, 2.75) is 30.3 Å². The first kappa shape index (κ1) is 22.3. The Morgan fingerprint density at radius 1 is 0.909 bits per heavy atom. The van der Waals surface area contributed by atoms with Crippen molar-refractivity contribution >= 4 is 46.0 Å². The molecular formula is C25H21ClN4S3. The Morgan fingerprint density at radius 3 is 2.55 bits per heavy atom. The maximum Gasteiger partial charge on any atom is 0.191 e. The summed E-state index contributed by atoms with van der Waals surface area (Å²) < 4.78 is 2.27. The van der Waals surface area contributed by atoms with Gasteiger partial charge in [-0.1, -0.05) is 71.9 Å². The van der Waals surface area contributed by atoms with Crippen LogP contribution in [-0.2, 0) is 25.1 Å². The average Bonchev–Trinajstić information content (AvgIpc) is 3.60. The minimum atomic E-state index is 0.735. The number of hydrogen-bond acceptors (Lipinski definition) is 6. The molecule has 4 nitrogen and oxygen atoms in total. The third-order valence-electron chi connectivity index (χ3n) is 5.16. The lowest BCUT2D eigenvalue weighted by Gasteiger charge is -2.10. The summed E-state index contributed by atoms with van der Waals surface area (Å²) in [6.07, 6.45) is 1.75. The molecule has 0 saturated carbocycles. The molecule has 0 radical (unpaired) electrons. The number of aryl methyl sites for hydroxylation is 1. The number of thiazole rings is 1. The Balaban J connectivity index is 1.31. The molecule has 0 amide bonds. The van der Waals surface area contributed by atoms with Crippen LogP contribution in [0.5, 0.6) is 0 Å². The molecule has 0 bridgehead atoms. The first-order valence-electron chi connectivity index (χ1n) is 10.6. The van der Waals surface area contributed by atoms with Crippen LogP contribution in [0.15, 0.2) is 82.6 Å². The number of thiophene rings is 1. The molecule has 0 spiro atoms. The number of halogens is 1. The van der Waals surface area contributed by atoms with Crippen LogP contribution in [0.1, 0.15) is 22.0 Å². The van der Waals surface area contributed by atoms with Crippen LogP contribution in [0.3, 0.4) is 0 Å². The predicted octanol–water partition coefficient (Wildman–Crippen LogP) is 7.24. The summed E-state index contributed by atoms with van der Waals surface area (Å²) >= 11 is 11.1. The standard InChI is InChI=1S/C25H21ClN4S3/c26-20-10-8-19(9-11-20)24-27-21(16-32-24)17-33-25-29-28-23(15-22-7-4-14-31-22)30(25)13-12-18-5-2-1-3-6-18/h1-11,14,16H,12-13,15,17H2. The molecule has 33 heavy (non-hydrogen) atoms. The predicted molar refractivity (Wildman–Crippen MR) is 139 cm³/mol. The van der Waals surface area contributed by atoms with Gasteiger partial charge in [-0.2, -0.15) is 0 Å². The van der Waals surface area contributed by atoms with Crippen LogP contribution in [0, 0.1) is 0 Å². The topological polar surface area (TPSA) is 43.6 Å². The van der Waals surface area contributed by atoms with Crippen LogP contribution >= 0.6 is 46.0 Å². The lowest BCUT2D eigenvalue weighted by Crippen LogP contribution is -2.08. The van der Waals surface area contributed by atoms with Gasteiger partial charge in [0, 0.05) is 39.6 Å². The second-order valence-electron chi connectivity index (χ2n) is 7.48. The minimum absolute atomic E-state index is 0.735. The zero-order chi connectivity index (χ0) is 22.5. The van der Waals surface area contributed by atoms with Gasteiger partial charge in [-0.15, -0.1) is 32.9 Å². The molecule has 0 unspecified atom stereocenters. The Morgan fingerprint density at radius 2 is 1.76 bits per heavy atom. The van der Waals surface area contributed by atoms with E-state index in [1.54, 1.807) is 34.4 Å². The van der Waals surface area contributed by atoms with Crippen molar-refractivity contribution in [3.8, 4) is 10.6 Å². The van der Waals surface area contributed by atoms with E-state index in [0.29, 0.717) is 0 Å². The number of nitrogens with zero attached hydrogens (tertiary/aromatic N) is 4. The van der Waals surface area contributed by atoms with E-state index >= 15 is 0 Å². The van der Waals surface area contributed by atoms with Crippen LogP contribution < -0.4 is 0 Å². The molecule has 0 aliphatic rings. The Hall–Kier alpha value is -2.45. The van der Waals surface area contributed by atoms with Gasteiger partial charge in [0.1, 0.15) is 10.8 Å². The van der Waals surface area contributed by atoms with Gasteiger partial charge in [-0.05, 0) is 35.6 Å². The van der Waals surface area contributed by atoms with Crippen LogP contribution in [-0.4, -0.2) is 19.7 Å². The number of aromatic nitrogens is 4. The van der Waals surface area contributed by atoms with Gasteiger partial charge in [0.25, 0.3) is 0 Å². The quantitative estimate of drug-likeness (QED) is 0.197. The van der Waals surface area contributed by atoms with Crippen molar-refractivity contribution in [1.29, 1.82) is 0 Å². The zero-order valence-corrected chi connectivity index (χ0v) is 20.9. The molecule has 3 aromatic heterocycles. The molecule has 0 saturated heterocycles. The monoisotopic (exact) mass is 508 g/mol. The highest BCUT2D eigenvalue weighted by Gasteiger charge is 2.15. The molecule has 2 aromatic carbocycles. The van der Waals surface area contributed by atoms with Crippen molar-refractivity contribution < 1.29 is 0 Å². The first-order chi connectivity index (χ1) is 16.2. The van der Waals surface area contributed by atoms with E-state index in [0.717, 1.165) is 57.4 Å². The van der Waals surface area contributed by atoms with E-state index in [1.165, 1.54) is 10.4 Å². The van der Waals surface area contributed by atoms with Crippen molar-refractivity contribution in [3.05, 3.63) is 104 Å². The molecular weight excluding hydrogens is 488 g/mol. The highest BCUT2D eigenvalue weighted by molar-refractivity contribution is 7.98. The summed E-state index contributed by atoms with van der Waals surface area (Å²) in [6, 6.07) is 22.6. The third kappa shape index (κ3) is 5.73. The number of thioether (sulfide) groups is 1. The molecule has 0 aliphatic carbocycles. The SMILES string of the molecule is Clc1ccc(-c2nc(CSc3nnc(Cc4cccs4)n3CCc3ccccc3)cs2)cc1. The van der Waals surface area contributed by atoms with Crippen LogP contribution in [0.2, 0.25) is 5.02 Å². The molecule has 0 fully saturated rings. The van der Waals surface area contributed by atoms with E-state index in [-0.39, 0.29) is 0 Å². The Labute approximate surface area is 210 Å². The van der Waals surface area contributed by atoms with Gasteiger partial charge in [0.15, 0.2) is 5.16 Å². The summed E-state index contributed by atoms with van der Waals surface area (Å²) in [6.45, 7) is 0.854. The number of benzene rings is 2. The highest BCUT2D eigenvalue weighted by Crippen LogP contribution is 2.29. The smallest absolute Gasteiger partial charge is 0.191 e. The van der Waals surface area contributed by atoms with E-state index < -0.39 is 0 Å².